The lowest BCUT2D eigenvalue weighted by molar-refractivity contribution is -0.127. The summed E-state index contributed by atoms with van der Waals surface area (Å²) in [5.41, 5.74) is 2.15. The Labute approximate surface area is 102 Å². The van der Waals surface area contributed by atoms with E-state index in [0.29, 0.717) is 0 Å². The van der Waals surface area contributed by atoms with Crippen LogP contribution in [0.15, 0.2) is 6.07 Å². The van der Waals surface area contributed by atoms with E-state index in [1.807, 2.05) is 31.5 Å². The Hall–Kier alpha value is -1.36. The van der Waals surface area contributed by atoms with Gasteiger partial charge in [0.05, 0.1) is 18.2 Å². The molecule has 1 fully saturated rings. The van der Waals surface area contributed by atoms with Crippen LogP contribution in [0.5, 0.6) is 0 Å². The number of amides is 1. The molecule has 1 saturated heterocycles. The van der Waals surface area contributed by atoms with Gasteiger partial charge in [-0.05, 0) is 26.8 Å². The Morgan fingerprint density at radius 2 is 2.35 bits per heavy atom. The van der Waals surface area contributed by atoms with Crippen LogP contribution in [-0.4, -0.2) is 34.8 Å². The van der Waals surface area contributed by atoms with Crippen molar-refractivity contribution in [3.63, 3.8) is 0 Å². The summed E-state index contributed by atoms with van der Waals surface area (Å²) in [4.78, 5) is 11.7. The van der Waals surface area contributed by atoms with Gasteiger partial charge < -0.3 is 10.6 Å². The molecule has 0 aliphatic carbocycles. The zero-order chi connectivity index (χ0) is 12.4. The van der Waals surface area contributed by atoms with Gasteiger partial charge in [0.2, 0.25) is 5.91 Å². The number of nitrogens with one attached hydrogen (secondary N) is 2. The molecule has 1 amide bonds. The Morgan fingerprint density at radius 1 is 1.65 bits per heavy atom. The van der Waals surface area contributed by atoms with E-state index in [2.05, 4.69) is 15.7 Å². The normalized spacial score (nSPS) is 17.6. The van der Waals surface area contributed by atoms with E-state index in [9.17, 15) is 4.79 Å². The van der Waals surface area contributed by atoms with Gasteiger partial charge in [0, 0.05) is 24.8 Å². The second kappa shape index (κ2) is 4.87. The molecule has 1 aromatic heterocycles. The van der Waals surface area contributed by atoms with Crippen molar-refractivity contribution in [2.45, 2.75) is 33.4 Å². The molecule has 0 radical (unpaired) electrons. The third-order valence-corrected chi connectivity index (χ3v) is 3.09. The molecule has 94 valence electrons. The lowest BCUT2D eigenvalue weighted by Crippen LogP contribution is -2.52. The number of hydrogen-bond acceptors (Lipinski definition) is 3. The summed E-state index contributed by atoms with van der Waals surface area (Å²) in [6.07, 6.45) is 0. The first kappa shape index (κ1) is 12.1. The largest absolute Gasteiger partial charge is 0.351 e. The van der Waals surface area contributed by atoms with Gasteiger partial charge in [-0.15, -0.1) is 0 Å². The predicted molar refractivity (Wildman–Crippen MR) is 65.7 cm³/mol. The lowest BCUT2D eigenvalue weighted by atomic mass is 10.0. The molecule has 1 aliphatic rings. The summed E-state index contributed by atoms with van der Waals surface area (Å²) in [6, 6.07) is 2.16. The predicted octanol–water partition coefficient (Wildman–Crippen LogP) is 0.224. The van der Waals surface area contributed by atoms with Gasteiger partial charge in [-0.25, -0.2) is 0 Å². The molecular formula is C12H20N4O. The van der Waals surface area contributed by atoms with Crippen molar-refractivity contribution in [1.82, 2.24) is 20.4 Å². The number of rotatable bonds is 4. The number of nitrogens with zero attached hydrogens (tertiary/aromatic N) is 2. The monoisotopic (exact) mass is 236 g/mol. The highest BCUT2D eigenvalue weighted by Crippen LogP contribution is 2.05. The molecule has 17 heavy (non-hydrogen) atoms. The van der Waals surface area contributed by atoms with Crippen LogP contribution in [0.3, 0.4) is 0 Å². The van der Waals surface area contributed by atoms with Crippen molar-refractivity contribution >= 4 is 5.91 Å². The maximum absolute atomic E-state index is 11.7. The Kier molecular flexibility index (Phi) is 3.47. The van der Waals surface area contributed by atoms with Crippen molar-refractivity contribution in [1.29, 1.82) is 0 Å². The fourth-order valence-electron chi connectivity index (χ4n) is 2.00. The highest BCUT2D eigenvalue weighted by molar-refractivity contribution is 5.80. The maximum atomic E-state index is 11.7. The van der Waals surface area contributed by atoms with E-state index in [-0.39, 0.29) is 17.9 Å². The Bertz CT molecular complexity index is 409. The zero-order valence-electron chi connectivity index (χ0n) is 10.7. The molecule has 5 nitrogen and oxygen atoms in total. The minimum absolute atomic E-state index is 0.112. The fraction of sp³-hybridized carbons (Fsp3) is 0.667. The number of carbonyl (C=O) groups excluding carboxylic acids is 1. The average Bonchev–Trinajstić information content (AvgIpc) is 2.41. The molecule has 1 atom stereocenters. The van der Waals surface area contributed by atoms with Crippen LogP contribution < -0.4 is 10.6 Å². The van der Waals surface area contributed by atoms with Crippen LogP contribution in [-0.2, 0) is 11.3 Å². The van der Waals surface area contributed by atoms with Crippen LogP contribution >= 0.6 is 0 Å². The second-order valence-electron chi connectivity index (χ2n) is 4.87. The first-order chi connectivity index (χ1) is 8.06. The first-order valence-corrected chi connectivity index (χ1v) is 6.08. The Morgan fingerprint density at radius 3 is 2.82 bits per heavy atom. The van der Waals surface area contributed by atoms with Crippen LogP contribution in [0.25, 0.3) is 0 Å². The molecule has 0 bridgehead atoms. The van der Waals surface area contributed by atoms with Gasteiger partial charge in [0.1, 0.15) is 0 Å². The van der Waals surface area contributed by atoms with Gasteiger partial charge in [-0.2, -0.15) is 5.10 Å². The SMILES string of the molecule is Cc1cc(C)n(C[C@@H](C)NC(=O)C2CNC2)n1. The number of carbonyl (C=O) groups is 1. The summed E-state index contributed by atoms with van der Waals surface area (Å²) in [5, 5.41) is 10.5. The van der Waals surface area contributed by atoms with Crippen molar-refractivity contribution in [3.05, 3.63) is 17.5 Å². The second-order valence-corrected chi connectivity index (χ2v) is 4.87. The van der Waals surface area contributed by atoms with Gasteiger partial charge in [-0.1, -0.05) is 0 Å². The molecule has 0 saturated carbocycles. The van der Waals surface area contributed by atoms with Crippen molar-refractivity contribution < 1.29 is 4.79 Å². The van der Waals surface area contributed by atoms with Gasteiger partial charge >= 0.3 is 0 Å². The number of aryl methyl sites for hydroxylation is 2. The standard InChI is InChI=1S/C12H20N4O/c1-8-4-10(3)16(15-8)7-9(2)14-12(17)11-5-13-6-11/h4,9,11,13H,5-7H2,1-3H3,(H,14,17)/t9-/m1/s1. The molecule has 5 heteroatoms. The molecule has 2 rings (SSSR count). The van der Waals surface area contributed by atoms with E-state index >= 15 is 0 Å². The van der Waals surface area contributed by atoms with Crippen molar-refractivity contribution in [3.8, 4) is 0 Å². The molecular weight excluding hydrogens is 216 g/mol. The average molecular weight is 236 g/mol. The van der Waals surface area contributed by atoms with Crippen LogP contribution in [0, 0.1) is 19.8 Å². The van der Waals surface area contributed by atoms with Crippen molar-refractivity contribution in [2.24, 2.45) is 5.92 Å². The molecule has 1 aliphatic heterocycles. The molecule has 2 N–H and O–H groups in total. The fourth-order valence-corrected chi connectivity index (χ4v) is 2.00. The smallest absolute Gasteiger partial charge is 0.225 e. The van der Waals surface area contributed by atoms with Crippen LogP contribution in [0.2, 0.25) is 0 Å². The van der Waals surface area contributed by atoms with E-state index in [0.717, 1.165) is 31.0 Å². The van der Waals surface area contributed by atoms with Crippen LogP contribution in [0.4, 0.5) is 0 Å². The summed E-state index contributed by atoms with van der Waals surface area (Å²) in [5.74, 6) is 0.302. The van der Waals surface area contributed by atoms with E-state index < -0.39 is 0 Å². The molecule has 0 aromatic carbocycles. The van der Waals surface area contributed by atoms with E-state index in [1.165, 1.54) is 0 Å². The maximum Gasteiger partial charge on any atom is 0.225 e. The Balaban J connectivity index is 1.86. The van der Waals surface area contributed by atoms with E-state index in [1.54, 1.807) is 0 Å². The summed E-state index contributed by atoms with van der Waals surface area (Å²) < 4.78 is 1.94. The van der Waals surface area contributed by atoms with Gasteiger partial charge in [0.25, 0.3) is 0 Å². The topological polar surface area (TPSA) is 59.0 Å². The highest BCUT2D eigenvalue weighted by Gasteiger charge is 2.25. The van der Waals surface area contributed by atoms with E-state index in [4.69, 9.17) is 0 Å². The number of hydrogen-bond donors (Lipinski definition) is 2. The van der Waals surface area contributed by atoms with Gasteiger partial charge in [-0.3, -0.25) is 9.48 Å². The third-order valence-electron chi connectivity index (χ3n) is 3.09. The van der Waals surface area contributed by atoms with Crippen LogP contribution in [0.1, 0.15) is 18.3 Å². The summed E-state index contributed by atoms with van der Waals surface area (Å²) >= 11 is 0. The minimum Gasteiger partial charge on any atom is -0.351 e. The van der Waals surface area contributed by atoms with Gasteiger partial charge in [0.15, 0.2) is 0 Å². The molecule has 0 unspecified atom stereocenters. The first-order valence-electron chi connectivity index (χ1n) is 6.08. The van der Waals surface area contributed by atoms with Crippen molar-refractivity contribution in [2.75, 3.05) is 13.1 Å². The highest BCUT2D eigenvalue weighted by atomic mass is 16.2. The summed E-state index contributed by atoms with van der Waals surface area (Å²) in [7, 11) is 0. The molecule has 2 heterocycles. The molecule has 0 spiro atoms. The molecule has 1 aromatic rings. The zero-order valence-corrected chi connectivity index (χ0v) is 10.7. The number of aromatic nitrogens is 2. The third kappa shape index (κ3) is 2.85. The minimum atomic E-state index is 0.112. The quantitative estimate of drug-likeness (QED) is 0.786. The summed E-state index contributed by atoms with van der Waals surface area (Å²) in [6.45, 7) is 8.36. The lowest BCUT2D eigenvalue weighted by Gasteiger charge is -2.27.